The van der Waals surface area contributed by atoms with E-state index in [9.17, 15) is 0 Å². The summed E-state index contributed by atoms with van der Waals surface area (Å²) in [6.07, 6.45) is 0. The van der Waals surface area contributed by atoms with Gasteiger partial charge in [0.25, 0.3) is 0 Å². The van der Waals surface area contributed by atoms with Crippen molar-refractivity contribution < 1.29 is 0 Å². The maximum absolute atomic E-state index is 4.88. The van der Waals surface area contributed by atoms with Gasteiger partial charge < -0.3 is 5.32 Å². The van der Waals surface area contributed by atoms with E-state index in [0.29, 0.717) is 5.11 Å². The molecule has 6 heteroatoms. The average molecular weight is 223 g/mol. The number of hydrogen-bond donors (Lipinski definition) is 2. The van der Waals surface area contributed by atoms with Gasteiger partial charge in [0.05, 0.1) is 11.4 Å². The zero-order valence-corrected chi connectivity index (χ0v) is 9.72. The molecule has 5 nitrogen and oxygen atoms in total. The molecule has 0 radical (unpaired) electrons. The molecule has 80 valence electrons. The highest BCUT2D eigenvalue weighted by Crippen LogP contribution is 1.96. The number of hydrazone groups is 1. The van der Waals surface area contributed by atoms with Crippen LogP contribution in [0, 0.1) is 6.92 Å². The molecular weight excluding hydrogens is 210 g/mol. The van der Waals surface area contributed by atoms with E-state index in [0.717, 1.165) is 17.1 Å². The topological polar surface area (TPSA) is 62.2 Å². The lowest BCUT2D eigenvalue weighted by atomic mass is 10.3. The Morgan fingerprint density at radius 2 is 2.13 bits per heavy atom. The van der Waals surface area contributed by atoms with Gasteiger partial charge in [-0.15, -0.1) is 5.10 Å². The van der Waals surface area contributed by atoms with Crippen LogP contribution in [0.2, 0.25) is 0 Å². The summed E-state index contributed by atoms with van der Waals surface area (Å²) in [6, 6.07) is 3.75. The summed E-state index contributed by atoms with van der Waals surface area (Å²) in [5.41, 5.74) is 5.03. The van der Waals surface area contributed by atoms with Crippen molar-refractivity contribution in [2.75, 3.05) is 7.05 Å². The number of aryl methyl sites for hydroxylation is 1. The lowest BCUT2D eigenvalue weighted by Crippen LogP contribution is -2.29. The number of thiocarbonyl (C=S) groups is 1. The van der Waals surface area contributed by atoms with Gasteiger partial charge in [0.1, 0.15) is 5.69 Å². The third-order valence-corrected chi connectivity index (χ3v) is 2.02. The van der Waals surface area contributed by atoms with Crippen molar-refractivity contribution in [2.24, 2.45) is 5.10 Å². The Bertz CT molecular complexity index is 371. The maximum atomic E-state index is 4.88. The molecule has 15 heavy (non-hydrogen) atoms. The predicted molar refractivity (Wildman–Crippen MR) is 63.8 cm³/mol. The fourth-order valence-electron chi connectivity index (χ4n) is 0.840. The van der Waals surface area contributed by atoms with Crippen molar-refractivity contribution >= 4 is 23.0 Å². The fraction of sp³-hybridized carbons (Fsp3) is 0.333. The Kier molecular flexibility index (Phi) is 4.11. The Morgan fingerprint density at radius 3 is 2.67 bits per heavy atom. The smallest absolute Gasteiger partial charge is 0.186 e. The Morgan fingerprint density at radius 1 is 1.40 bits per heavy atom. The maximum Gasteiger partial charge on any atom is 0.186 e. The standard InChI is InChI=1S/C9H13N5S/c1-6-4-5-8(13-11-6)7(2)12-14-9(15)10-3/h4-5H,1-3H3,(H2,10,14,15)/b12-7+. The number of hydrogen-bond acceptors (Lipinski definition) is 4. The highest BCUT2D eigenvalue weighted by molar-refractivity contribution is 7.80. The van der Waals surface area contributed by atoms with Gasteiger partial charge in [0.15, 0.2) is 5.11 Å². The summed E-state index contributed by atoms with van der Waals surface area (Å²) in [7, 11) is 1.73. The molecule has 0 atom stereocenters. The van der Waals surface area contributed by atoms with Gasteiger partial charge in [-0.2, -0.15) is 10.2 Å². The van der Waals surface area contributed by atoms with Crippen LogP contribution in [0.25, 0.3) is 0 Å². The third kappa shape index (κ3) is 3.59. The van der Waals surface area contributed by atoms with Gasteiger partial charge in [0, 0.05) is 7.05 Å². The molecule has 0 bridgehead atoms. The molecule has 1 heterocycles. The van der Waals surface area contributed by atoms with Gasteiger partial charge in [-0.1, -0.05) is 0 Å². The van der Waals surface area contributed by atoms with Crippen molar-refractivity contribution in [1.82, 2.24) is 20.9 Å². The predicted octanol–water partition coefficient (Wildman–Crippen LogP) is 0.603. The first-order valence-corrected chi connectivity index (χ1v) is 4.87. The molecule has 1 aromatic rings. The average Bonchev–Trinajstić information content (AvgIpc) is 2.26. The molecule has 0 spiro atoms. The normalized spacial score (nSPS) is 11.0. The van der Waals surface area contributed by atoms with Crippen molar-refractivity contribution in [1.29, 1.82) is 0 Å². The van der Waals surface area contributed by atoms with Crippen molar-refractivity contribution in [3.8, 4) is 0 Å². The minimum atomic E-state index is 0.467. The fourth-order valence-corrected chi connectivity index (χ4v) is 0.885. The molecule has 0 saturated carbocycles. The van der Waals surface area contributed by atoms with Crippen LogP contribution in [0.5, 0.6) is 0 Å². The summed E-state index contributed by atoms with van der Waals surface area (Å²) in [5.74, 6) is 0. The second kappa shape index (κ2) is 5.35. The van der Waals surface area contributed by atoms with E-state index >= 15 is 0 Å². The van der Waals surface area contributed by atoms with Gasteiger partial charge in [0.2, 0.25) is 0 Å². The summed E-state index contributed by atoms with van der Waals surface area (Å²) in [6.45, 7) is 3.72. The van der Waals surface area contributed by atoms with Crippen LogP contribution < -0.4 is 10.7 Å². The lowest BCUT2D eigenvalue weighted by Gasteiger charge is -2.02. The summed E-state index contributed by atoms with van der Waals surface area (Å²) >= 11 is 4.88. The first-order valence-electron chi connectivity index (χ1n) is 4.46. The highest BCUT2D eigenvalue weighted by atomic mass is 32.1. The molecule has 0 unspecified atom stereocenters. The van der Waals surface area contributed by atoms with Gasteiger partial charge in [-0.05, 0) is 38.2 Å². The van der Waals surface area contributed by atoms with Crippen LogP contribution in [0.1, 0.15) is 18.3 Å². The van der Waals surface area contributed by atoms with E-state index in [2.05, 4.69) is 26.0 Å². The van der Waals surface area contributed by atoms with E-state index in [-0.39, 0.29) is 0 Å². The monoisotopic (exact) mass is 223 g/mol. The zero-order chi connectivity index (χ0) is 11.3. The molecule has 1 aromatic heterocycles. The third-order valence-electron chi connectivity index (χ3n) is 1.72. The summed E-state index contributed by atoms with van der Waals surface area (Å²) in [4.78, 5) is 0. The molecule has 2 N–H and O–H groups in total. The molecule has 0 aliphatic rings. The van der Waals surface area contributed by atoms with E-state index in [4.69, 9.17) is 12.2 Å². The first-order chi connectivity index (χ1) is 7.13. The Balaban J connectivity index is 2.71. The highest BCUT2D eigenvalue weighted by Gasteiger charge is 1.99. The minimum Gasteiger partial charge on any atom is -0.364 e. The van der Waals surface area contributed by atoms with Crippen LogP contribution in [0.4, 0.5) is 0 Å². The van der Waals surface area contributed by atoms with Crippen LogP contribution in [0.3, 0.4) is 0 Å². The number of nitrogens with one attached hydrogen (secondary N) is 2. The number of nitrogens with zero attached hydrogens (tertiary/aromatic N) is 3. The minimum absolute atomic E-state index is 0.467. The van der Waals surface area contributed by atoms with Crippen molar-refractivity contribution in [2.45, 2.75) is 13.8 Å². The van der Waals surface area contributed by atoms with E-state index in [1.165, 1.54) is 0 Å². The summed E-state index contributed by atoms with van der Waals surface area (Å²) < 4.78 is 0. The SMILES string of the molecule is CNC(=S)N/N=C(\C)c1ccc(C)nn1. The molecule has 0 saturated heterocycles. The van der Waals surface area contributed by atoms with Crippen LogP contribution >= 0.6 is 12.2 Å². The molecule has 0 amide bonds. The van der Waals surface area contributed by atoms with Crippen LogP contribution in [0.15, 0.2) is 17.2 Å². The largest absolute Gasteiger partial charge is 0.364 e. The van der Waals surface area contributed by atoms with Crippen molar-refractivity contribution in [3.05, 3.63) is 23.5 Å². The second-order valence-corrected chi connectivity index (χ2v) is 3.36. The van der Waals surface area contributed by atoms with Gasteiger partial charge in [-0.3, -0.25) is 5.43 Å². The van der Waals surface area contributed by atoms with Gasteiger partial charge in [-0.25, -0.2) is 0 Å². The second-order valence-electron chi connectivity index (χ2n) is 2.95. The first kappa shape index (κ1) is 11.5. The zero-order valence-electron chi connectivity index (χ0n) is 8.90. The Labute approximate surface area is 94.0 Å². The van der Waals surface area contributed by atoms with E-state index < -0.39 is 0 Å². The van der Waals surface area contributed by atoms with Crippen LogP contribution in [-0.4, -0.2) is 28.1 Å². The van der Waals surface area contributed by atoms with Crippen LogP contribution in [-0.2, 0) is 0 Å². The van der Waals surface area contributed by atoms with Gasteiger partial charge >= 0.3 is 0 Å². The lowest BCUT2D eigenvalue weighted by molar-refractivity contribution is 0.945. The molecule has 0 aliphatic carbocycles. The summed E-state index contributed by atoms with van der Waals surface area (Å²) in [5, 5.41) is 15.2. The molecule has 0 aliphatic heterocycles. The van der Waals surface area contributed by atoms with E-state index in [1.807, 2.05) is 26.0 Å². The molecular formula is C9H13N5S. The molecule has 0 fully saturated rings. The Hall–Kier alpha value is -1.56. The number of rotatable bonds is 2. The quantitative estimate of drug-likeness (QED) is 0.437. The van der Waals surface area contributed by atoms with Crippen molar-refractivity contribution in [3.63, 3.8) is 0 Å². The van der Waals surface area contributed by atoms with E-state index in [1.54, 1.807) is 7.05 Å². The molecule has 1 rings (SSSR count). The molecule has 0 aromatic carbocycles. The number of aromatic nitrogens is 2.